The number of methoxy groups -OCH3 is 3. The van der Waals surface area contributed by atoms with E-state index in [2.05, 4.69) is 74.2 Å². The monoisotopic (exact) mass is 521 g/mol. The largest absolute Gasteiger partial charge is 0.497 e. The lowest BCUT2D eigenvalue weighted by atomic mass is 9.84. The number of ether oxygens (including phenoxy) is 3. The van der Waals surface area contributed by atoms with Crippen LogP contribution in [0.3, 0.4) is 0 Å². The first kappa shape index (κ1) is 31.0. The molecule has 1 aliphatic heterocycles. The maximum absolute atomic E-state index is 7.00. The highest BCUT2D eigenvalue weighted by atomic mass is 16.7. The molecule has 3 aromatic rings. The van der Waals surface area contributed by atoms with Crippen LogP contribution in [0.25, 0.3) is 22.3 Å². The number of fused-ring (bicyclic) bond motifs is 3. The van der Waals surface area contributed by atoms with E-state index in [4.69, 9.17) is 24.1 Å². The van der Waals surface area contributed by atoms with Crippen molar-refractivity contribution in [2.45, 2.75) is 60.1 Å². The summed E-state index contributed by atoms with van der Waals surface area (Å²) in [5.41, 5.74) is 12.0. The zero-order chi connectivity index (χ0) is 28.5. The Morgan fingerprint density at radius 2 is 1.50 bits per heavy atom. The fourth-order valence-corrected chi connectivity index (χ4v) is 4.67. The fourth-order valence-electron chi connectivity index (χ4n) is 4.67. The molecule has 6 heteroatoms. The standard InChI is InChI=1S/C27H31NO2.C5H12O.O2/c1-6-23-19(3)27-26(16-25(23)20-9-7-18(2)8-10-20)24-12-11-22(30-5)15-21(24)17-28(27)13-14-29-4;1-5(2,3)6-4;1-2/h7-12,15-16H,6,13-14,17H2,1-5H3;1-4H3;. The molecule has 0 saturated carbocycles. The summed E-state index contributed by atoms with van der Waals surface area (Å²) in [4.78, 5) is 16.5. The number of aryl methyl sites for hydroxylation is 1. The summed E-state index contributed by atoms with van der Waals surface area (Å²) in [6.45, 7) is 15.2. The highest BCUT2D eigenvalue weighted by molar-refractivity contribution is 5.91. The summed E-state index contributed by atoms with van der Waals surface area (Å²) < 4.78 is 15.9. The minimum Gasteiger partial charge on any atom is -0.497 e. The summed E-state index contributed by atoms with van der Waals surface area (Å²) in [6.07, 6.45) is 1.01. The summed E-state index contributed by atoms with van der Waals surface area (Å²) >= 11 is 0. The van der Waals surface area contributed by atoms with Gasteiger partial charge in [0.25, 0.3) is 0 Å². The van der Waals surface area contributed by atoms with Crippen molar-refractivity contribution in [3.63, 3.8) is 0 Å². The average molecular weight is 522 g/mol. The van der Waals surface area contributed by atoms with Crippen LogP contribution in [0, 0.1) is 23.8 Å². The van der Waals surface area contributed by atoms with Gasteiger partial charge in [0.1, 0.15) is 5.75 Å². The van der Waals surface area contributed by atoms with Crippen molar-refractivity contribution in [3.8, 4) is 28.0 Å². The van der Waals surface area contributed by atoms with Crippen molar-refractivity contribution in [2.75, 3.05) is 39.4 Å². The molecule has 4 rings (SSSR count). The van der Waals surface area contributed by atoms with Crippen molar-refractivity contribution in [1.82, 2.24) is 0 Å². The van der Waals surface area contributed by atoms with Gasteiger partial charge in [-0.1, -0.05) is 42.8 Å². The van der Waals surface area contributed by atoms with Crippen LogP contribution in [0.1, 0.15) is 49.9 Å². The highest BCUT2D eigenvalue weighted by Crippen LogP contribution is 2.46. The molecule has 0 aliphatic carbocycles. The summed E-state index contributed by atoms with van der Waals surface area (Å²) in [7, 11) is 5.21. The molecule has 0 unspecified atom stereocenters. The van der Waals surface area contributed by atoms with Gasteiger partial charge in [0.15, 0.2) is 0 Å². The van der Waals surface area contributed by atoms with Gasteiger partial charge in [-0.25, -0.2) is 0 Å². The van der Waals surface area contributed by atoms with Crippen LogP contribution in [0.15, 0.2) is 48.5 Å². The van der Waals surface area contributed by atoms with Gasteiger partial charge in [-0.15, -0.1) is 0 Å². The predicted octanol–water partition coefficient (Wildman–Crippen LogP) is 7.67. The smallest absolute Gasteiger partial charge is 0.119 e. The first-order valence-corrected chi connectivity index (χ1v) is 13.0. The lowest BCUT2D eigenvalue weighted by molar-refractivity contribution is 0.0397. The lowest BCUT2D eigenvalue weighted by Crippen LogP contribution is -2.31. The Balaban J connectivity index is 0.000000560. The Morgan fingerprint density at radius 1 is 0.868 bits per heavy atom. The topological polar surface area (TPSA) is 65.1 Å². The number of hydrogen-bond acceptors (Lipinski definition) is 6. The number of hydrogen-bond donors (Lipinski definition) is 0. The lowest BCUT2D eigenvalue weighted by Gasteiger charge is -2.36. The third kappa shape index (κ3) is 7.42. The molecule has 206 valence electrons. The maximum atomic E-state index is 7.00. The minimum absolute atomic E-state index is 0.0417. The molecule has 0 radical (unpaired) electrons. The second kappa shape index (κ2) is 14.1. The van der Waals surface area contributed by atoms with E-state index in [1.807, 2.05) is 20.8 Å². The van der Waals surface area contributed by atoms with E-state index >= 15 is 0 Å². The SMILES string of the molecule is CCc1c(-c2ccc(C)cc2)cc2c(c1C)N(CCOC)Cc1cc(OC)ccc1-2.COC(C)(C)C.O=O. The Bertz CT molecular complexity index is 1180. The molecule has 6 nitrogen and oxygen atoms in total. The molecule has 0 atom stereocenters. The number of benzene rings is 3. The second-order valence-electron chi connectivity index (χ2n) is 10.4. The Labute approximate surface area is 228 Å². The van der Waals surface area contributed by atoms with E-state index in [1.165, 1.54) is 50.2 Å². The second-order valence-corrected chi connectivity index (χ2v) is 10.4. The molecule has 0 amide bonds. The fraction of sp³-hybridized carbons (Fsp3) is 0.438. The van der Waals surface area contributed by atoms with Gasteiger partial charge in [-0.2, -0.15) is 0 Å². The van der Waals surface area contributed by atoms with E-state index in [1.54, 1.807) is 21.3 Å². The molecule has 3 aromatic carbocycles. The maximum Gasteiger partial charge on any atom is 0.119 e. The summed E-state index contributed by atoms with van der Waals surface area (Å²) in [5, 5.41) is 0. The van der Waals surface area contributed by atoms with Crippen molar-refractivity contribution in [1.29, 1.82) is 0 Å². The summed E-state index contributed by atoms with van der Waals surface area (Å²) in [5.74, 6) is 0.907. The molecule has 0 bridgehead atoms. The molecule has 38 heavy (non-hydrogen) atoms. The van der Waals surface area contributed by atoms with Crippen LogP contribution in [-0.4, -0.2) is 40.1 Å². The summed E-state index contributed by atoms with van der Waals surface area (Å²) in [6, 6.07) is 17.8. The normalized spacial score (nSPS) is 11.9. The third-order valence-electron chi connectivity index (χ3n) is 6.85. The van der Waals surface area contributed by atoms with Crippen LogP contribution >= 0.6 is 0 Å². The third-order valence-corrected chi connectivity index (χ3v) is 6.85. The van der Waals surface area contributed by atoms with Crippen molar-refractivity contribution >= 4 is 5.69 Å². The highest BCUT2D eigenvalue weighted by Gasteiger charge is 2.27. The first-order chi connectivity index (χ1) is 18.1. The van der Waals surface area contributed by atoms with Gasteiger partial charge in [-0.3, -0.25) is 0 Å². The molecule has 0 N–H and O–H groups in total. The van der Waals surface area contributed by atoms with E-state index in [0.29, 0.717) is 6.61 Å². The Morgan fingerprint density at radius 3 is 2.03 bits per heavy atom. The van der Waals surface area contributed by atoms with Gasteiger partial charge >= 0.3 is 0 Å². The quantitative estimate of drug-likeness (QED) is 0.332. The van der Waals surface area contributed by atoms with Crippen LogP contribution in [0.2, 0.25) is 0 Å². The Hall–Kier alpha value is -3.22. The van der Waals surface area contributed by atoms with Gasteiger partial charge in [0.2, 0.25) is 0 Å². The van der Waals surface area contributed by atoms with E-state index in [9.17, 15) is 0 Å². The zero-order valence-corrected chi connectivity index (χ0v) is 24.4. The predicted molar refractivity (Wildman–Crippen MR) is 159 cm³/mol. The first-order valence-electron chi connectivity index (χ1n) is 13.0. The molecule has 0 fully saturated rings. The molecule has 1 heterocycles. The van der Waals surface area contributed by atoms with E-state index < -0.39 is 0 Å². The van der Waals surface area contributed by atoms with Crippen LogP contribution in [-0.2, 0) is 22.4 Å². The minimum atomic E-state index is 0.0417. The van der Waals surface area contributed by atoms with E-state index in [-0.39, 0.29) is 5.60 Å². The molecule has 1 aliphatic rings. The molecular weight excluding hydrogens is 478 g/mol. The zero-order valence-electron chi connectivity index (χ0n) is 24.4. The van der Waals surface area contributed by atoms with Crippen LogP contribution in [0.5, 0.6) is 5.75 Å². The number of rotatable bonds is 6. The van der Waals surface area contributed by atoms with Crippen LogP contribution in [0.4, 0.5) is 5.69 Å². The van der Waals surface area contributed by atoms with Gasteiger partial charge in [0.05, 0.1) is 19.3 Å². The molecule has 0 saturated heterocycles. The molecule has 0 spiro atoms. The average Bonchev–Trinajstić information content (AvgIpc) is 2.92. The van der Waals surface area contributed by atoms with E-state index in [0.717, 1.165) is 25.3 Å². The van der Waals surface area contributed by atoms with Crippen molar-refractivity contribution < 1.29 is 14.2 Å². The molecular formula is C32H43NO5. The number of anilines is 1. The molecule has 0 aromatic heterocycles. The van der Waals surface area contributed by atoms with Gasteiger partial charge in [-0.05, 0) is 92.6 Å². The van der Waals surface area contributed by atoms with Crippen molar-refractivity contribution in [2.24, 2.45) is 0 Å². The van der Waals surface area contributed by atoms with Gasteiger partial charge in [0, 0.05) is 48.5 Å². The van der Waals surface area contributed by atoms with Gasteiger partial charge < -0.3 is 19.1 Å². The number of nitrogens with zero attached hydrogens (tertiary/aromatic N) is 1. The van der Waals surface area contributed by atoms with Crippen LogP contribution < -0.4 is 9.64 Å². The Kier molecular flexibility index (Phi) is 11.5. The van der Waals surface area contributed by atoms with Crippen molar-refractivity contribution in [3.05, 3.63) is 80.7 Å².